The second kappa shape index (κ2) is 7.08. The number of carbonyl (C=O) groups is 1. The lowest BCUT2D eigenvalue weighted by Crippen LogP contribution is -2.43. The van der Waals surface area contributed by atoms with Gasteiger partial charge in [0.25, 0.3) is 0 Å². The third kappa shape index (κ3) is 3.44. The molecule has 1 fully saturated rings. The zero-order chi connectivity index (χ0) is 13.7. The third-order valence-electron chi connectivity index (χ3n) is 2.93. The van der Waals surface area contributed by atoms with E-state index in [0.717, 1.165) is 0 Å². The predicted molar refractivity (Wildman–Crippen MR) is 65.5 cm³/mol. The highest BCUT2D eigenvalue weighted by Crippen LogP contribution is 2.25. The van der Waals surface area contributed by atoms with Crippen molar-refractivity contribution >= 4 is 13.8 Å². The molecule has 0 spiro atoms. The lowest BCUT2D eigenvalue weighted by molar-refractivity contribution is -0.139. The van der Waals surface area contributed by atoms with E-state index in [0.29, 0.717) is 6.61 Å². The summed E-state index contributed by atoms with van der Waals surface area (Å²) in [4.78, 5) is 11.4. The Bertz CT molecular complexity index is 278. The van der Waals surface area contributed by atoms with Crippen molar-refractivity contribution in [2.24, 2.45) is 0 Å². The number of amides is 1. The van der Waals surface area contributed by atoms with Crippen LogP contribution >= 0.6 is 0 Å². The maximum atomic E-state index is 11.4. The van der Waals surface area contributed by atoms with E-state index < -0.39 is 18.2 Å². The van der Waals surface area contributed by atoms with Gasteiger partial charge in [-0.1, -0.05) is 0 Å². The van der Waals surface area contributed by atoms with Crippen molar-refractivity contribution in [2.75, 3.05) is 27.9 Å². The smallest absolute Gasteiger partial charge is 0.248 e. The highest BCUT2D eigenvalue weighted by atomic mass is 16.6. The number of hydrogen-bond acceptors (Lipinski definition) is 5. The maximum Gasteiger partial charge on any atom is 0.248 e. The van der Waals surface area contributed by atoms with Gasteiger partial charge in [-0.05, 0) is 6.92 Å². The van der Waals surface area contributed by atoms with Gasteiger partial charge in [0, 0.05) is 27.3 Å². The zero-order valence-electron chi connectivity index (χ0n) is 11.2. The molecule has 1 amide bonds. The summed E-state index contributed by atoms with van der Waals surface area (Å²) in [5.41, 5.74) is 0. The van der Waals surface area contributed by atoms with Crippen molar-refractivity contribution < 1.29 is 23.7 Å². The summed E-state index contributed by atoms with van der Waals surface area (Å²) in [5, 5.41) is 2.51. The molecular formula is C11H20BNO5. The molecule has 1 N–H and O–H groups in total. The number of nitrogens with one attached hydrogen (secondary N) is 1. The molecule has 0 aromatic carbocycles. The second-order valence-electron chi connectivity index (χ2n) is 4.15. The topological polar surface area (TPSA) is 66.0 Å². The van der Waals surface area contributed by atoms with Crippen molar-refractivity contribution in [2.45, 2.75) is 37.3 Å². The summed E-state index contributed by atoms with van der Waals surface area (Å²) in [6.07, 6.45) is -1.76. The molecule has 2 radical (unpaired) electrons. The molecule has 0 aromatic heterocycles. The van der Waals surface area contributed by atoms with Crippen molar-refractivity contribution in [3.63, 3.8) is 0 Å². The summed E-state index contributed by atoms with van der Waals surface area (Å²) >= 11 is 0. The van der Waals surface area contributed by atoms with Gasteiger partial charge in [-0.25, -0.2) is 0 Å². The minimum Gasteiger partial charge on any atom is -0.382 e. The molecule has 0 bridgehead atoms. The van der Waals surface area contributed by atoms with Crippen LogP contribution in [0.3, 0.4) is 0 Å². The molecule has 1 rings (SSSR count). The van der Waals surface area contributed by atoms with Gasteiger partial charge in [0.05, 0.1) is 6.61 Å². The summed E-state index contributed by atoms with van der Waals surface area (Å²) in [6, 6.07) is -0.637. The van der Waals surface area contributed by atoms with Gasteiger partial charge in [-0.3, -0.25) is 4.79 Å². The molecule has 102 valence electrons. The largest absolute Gasteiger partial charge is 0.382 e. The molecule has 0 aliphatic carbocycles. The summed E-state index contributed by atoms with van der Waals surface area (Å²) in [6.45, 7) is 2.02. The number of ether oxygens (including phenoxy) is 4. The van der Waals surface area contributed by atoms with Crippen molar-refractivity contribution in [1.82, 2.24) is 5.32 Å². The summed E-state index contributed by atoms with van der Waals surface area (Å²) in [5.74, 6) is -0.216. The molecule has 0 aromatic rings. The van der Waals surface area contributed by atoms with Gasteiger partial charge < -0.3 is 24.3 Å². The van der Waals surface area contributed by atoms with Gasteiger partial charge in [-0.15, -0.1) is 0 Å². The molecule has 6 nitrogen and oxygen atoms in total. The van der Waals surface area contributed by atoms with Crippen molar-refractivity contribution in [3.8, 4) is 0 Å². The number of methoxy groups -OCH3 is 2. The Morgan fingerprint density at radius 2 is 2.11 bits per heavy atom. The molecule has 18 heavy (non-hydrogen) atoms. The minimum atomic E-state index is -0.637. The number of rotatable bonds is 6. The van der Waals surface area contributed by atoms with Crippen LogP contribution in [0, 0.1) is 0 Å². The van der Waals surface area contributed by atoms with Crippen LogP contribution < -0.4 is 5.32 Å². The van der Waals surface area contributed by atoms with Crippen LogP contribution in [0.25, 0.3) is 0 Å². The fraction of sp³-hybridized carbons (Fsp3) is 0.909. The number of likely N-dealkylation sites (N-methyl/N-ethyl adjacent to an activating group) is 1. The lowest BCUT2D eigenvalue weighted by Gasteiger charge is -2.25. The van der Waals surface area contributed by atoms with Crippen LogP contribution in [0.5, 0.6) is 0 Å². The standard InChI is InChI=1S/C11H20BNO5/c1-6(11(14)13-2)17-9-8(16-4)7(5-15-3)18-10(9)12/h6-10H,5H2,1-4H3,(H,13,14)/t6-,7+,8?,9-,10+/m0/s1. The highest BCUT2D eigenvalue weighted by molar-refractivity contribution is 6.11. The molecular weight excluding hydrogens is 237 g/mol. The van der Waals surface area contributed by atoms with Gasteiger partial charge in [0.1, 0.15) is 32.3 Å². The number of hydrogen-bond donors (Lipinski definition) is 1. The third-order valence-corrected chi connectivity index (χ3v) is 2.93. The summed E-state index contributed by atoms with van der Waals surface area (Å²) in [7, 11) is 10.5. The molecule has 7 heteroatoms. The zero-order valence-corrected chi connectivity index (χ0v) is 11.2. The van der Waals surface area contributed by atoms with E-state index in [2.05, 4.69) is 5.32 Å². The van der Waals surface area contributed by atoms with Crippen molar-refractivity contribution in [1.29, 1.82) is 0 Å². The Morgan fingerprint density at radius 3 is 2.61 bits per heavy atom. The quantitative estimate of drug-likeness (QED) is 0.622. The average Bonchev–Trinajstić information content (AvgIpc) is 2.64. The van der Waals surface area contributed by atoms with Crippen LogP contribution in [0.15, 0.2) is 0 Å². The van der Waals surface area contributed by atoms with E-state index in [9.17, 15) is 4.79 Å². The Labute approximate surface area is 109 Å². The Kier molecular flexibility index (Phi) is 6.07. The average molecular weight is 257 g/mol. The summed E-state index contributed by atoms with van der Waals surface area (Å²) < 4.78 is 21.5. The molecule has 5 atom stereocenters. The van der Waals surface area contributed by atoms with E-state index >= 15 is 0 Å². The molecule has 1 saturated heterocycles. The molecule has 1 unspecified atom stereocenters. The molecule has 1 aliphatic heterocycles. The minimum absolute atomic E-state index is 0.216. The maximum absolute atomic E-state index is 11.4. The Morgan fingerprint density at radius 1 is 1.44 bits per heavy atom. The second-order valence-corrected chi connectivity index (χ2v) is 4.15. The van der Waals surface area contributed by atoms with Crippen LogP contribution in [0.4, 0.5) is 0 Å². The van der Waals surface area contributed by atoms with E-state index in [1.54, 1.807) is 28.2 Å². The monoisotopic (exact) mass is 257 g/mol. The first-order valence-corrected chi connectivity index (χ1v) is 5.85. The molecule has 0 saturated carbocycles. The van der Waals surface area contributed by atoms with E-state index in [-0.39, 0.29) is 18.1 Å². The first-order valence-electron chi connectivity index (χ1n) is 5.85. The molecule has 1 heterocycles. The normalized spacial score (nSPS) is 33.3. The molecule has 1 aliphatic rings. The predicted octanol–water partition coefficient (Wildman–Crippen LogP) is -0.939. The van der Waals surface area contributed by atoms with E-state index in [1.807, 2.05) is 0 Å². The van der Waals surface area contributed by atoms with E-state index in [4.69, 9.17) is 26.8 Å². The first kappa shape index (κ1) is 15.4. The first-order chi connectivity index (χ1) is 8.54. The van der Waals surface area contributed by atoms with Crippen LogP contribution in [0.1, 0.15) is 6.92 Å². The van der Waals surface area contributed by atoms with Crippen molar-refractivity contribution in [3.05, 3.63) is 0 Å². The Balaban J connectivity index is 2.65. The Hall–Kier alpha value is -0.625. The van der Waals surface area contributed by atoms with Gasteiger partial charge in [-0.2, -0.15) is 0 Å². The fourth-order valence-electron chi connectivity index (χ4n) is 2.00. The van der Waals surface area contributed by atoms with Crippen LogP contribution in [0.2, 0.25) is 0 Å². The lowest BCUT2D eigenvalue weighted by atomic mass is 9.92. The van der Waals surface area contributed by atoms with Gasteiger partial charge in [0.2, 0.25) is 5.91 Å². The van der Waals surface area contributed by atoms with Gasteiger partial charge >= 0.3 is 0 Å². The fourth-order valence-corrected chi connectivity index (χ4v) is 2.00. The van der Waals surface area contributed by atoms with E-state index in [1.165, 1.54) is 0 Å². The number of carbonyl (C=O) groups excluding carboxylic acids is 1. The highest BCUT2D eigenvalue weighted by Gasteiger charge is 2.44. The van der Waals surface area contributed by atoms with Gasteiger partial charge in [0.15, 0.2) is 0 Å². The SMILES string of the molecule is [B][C@@H]1O[C@H](COC)C(OC)[C@@H]1O[C@@H](C)C(=O)NC. The van der Waals surface area contributed by atoms with Crippen LogP contribution in [-0.4, -0.2) is 72.0 Å². The van der Waals surface area contributed by atoms with Crippen LogP contribution in [-0.2, 0) is 23.7 Å².